The number of tetrazole rings is 1. The standard InChI is InChI=1S/C29H36N6O3/c1-4-20-12-13-25-22(15-20)16-23(29(36)30-25)18-34(17-21-9-6-7-11-27(21)37-3)26(5-2)28-31-32-33-35(28)19-24-10-8-14-38-24/h6-7,9,11-13,15-16,24,26H,4-5,8,10,14,17-19H2,1-3H3,(H,30,36). The van der Waals surface area contributed by atoms with Crippen LogP contribution in [0, 0.1) is 0 Å². The van der Waals surface area contributed by atoms with Crippen LogP contribution in [0.25, 0.3) is 10.9 Å². The highest BCUT2D eigenvalue weighted by molar-refractivity contribution is 5.79. The van der Waals surface area contributed by atoms with Crippen molar-refractivity contribution in [1.29, 1.82) is 0 Å². The Kier molecular flexibility index (Phi) is 8.14. The molecule has 1 N–H and O–H groups in total. The third-order valence-electron chi connectivity index (χ3n) is 7.42. The van der Waals surface area contributed by atoms with Gasteiger partial charge in [-0.25, -0.2) is 4.68 Å². The summed E-state index contributed by atoms with van der Waals surface area (Å²) in [5.41, 5.74) is 3.75. The molecule has 0 amide bonds. The van der Waals surface area contributed by atoms with E-state index in [0.717, 1.165) is 60.3 Å². The van der Waals surface area contributed by atoms with E-state index in [1.54, 1.807) is 7.11 Å². The number of aryl methyl sites for hydroxylation is 1. The maximum atomic E-state index is 13.2. The summed E-state index contributed by atoms with van der Waals surface area (Å²) < 4.78 is 13.4. The molecule has 0 radical (unpaired) electrons. The predicted molar refractivity (Wildman–Crippen MR) is 146 cm³/mol. The average Bonchev–Trinajstić information content (AvgIpc) is 3.62. The van der Waals surface area contributed by atoms with Gasteiger partial charge < -0.3 is 14.5 Å². The van der Waals surface area contributed by atoms with Crippen molar-refractivity contribution in [1.82, 2.24) is 30.1 Å². The zero-order valence-corrected chi connectivity index (χ0v) is 22.4. The van der Waals surface area contributed by atoms with Gasteiger partial charge in [0, 0.05) is 36.3 Å². The van der Waals surface area contributed by atoms with E-state index in [-0.39, 0.29) is 17.7 Å². The fourth-order valence-electron chi connectivity index (χ4n) is 5.35. The fraction of sp³-hybridized carbons (Fsp3) is 0.448. The first kappa shape index (κ1) is 26.1. The van der Waals surface area contributed by atoms with E-state index < -0.39 is 0 Å². The molecule has 0 bridgehead atoms. The van der Waals surface area contributed by atoms with Gasteiger partial charge in [-0.3, -0.25) is 9.69 Å². The van der Waals surface area contributed by atoms with Crippen molar-refractivity contribution in [3.05, 3.63) is 81.4 Å². The highest BCUT2D eigenvalue weighted by Gasteiger charge is 2.28. The molecule has 200 valence electrons. The molecule has 5 rings (SSSR count). The Morgan fingerprint density at radius 2 is 2.00 bits per heavy atom. The van der Waals surface area contributed by atoms with Crippen LogP contribution >= 0.6 is 0 Å². The normalized spacial score (nSPS) is 16.4. The number of hydrogen-bond acceptors (Lipinski definition) is 7. The van der Waals surface area contributed by atoms with Crippen LogP contribution in [0.5, 0.6) is 5.75 Å². The molecule has 4 aromatic rings. The Labute approximate surface area is 222 Å². The van der Waals surface area contributed by atoms with Crippen LogP contribution in [0.1, 0.15) is 61.7 Å². The van der Waals surface area contributed by atoms with Crippen LogP contribution in [-0.2, 0) is 30.8 Å². The number of pyridine rings is 1. The van der Waals surface area contributed by atoms with Gasteiger partial charge in [0.15, 0.2) is 5.82 Å². The third-order valence-corrected chi connectivity index (χ3v) is 7.42. The molecule has 1 aliphatic heterocycles. The highest BCUT2D eigenvalue weighted by Crippen LogP contribution is 2.30. The van der Waals surface area contributed by atoms with Crippen LogP contribution in [0.15, 0.2) is 53.3 Å². The molecule has 2 aromatic heterocycles. The van der Waals surface area contributed by atoms with Gasteiger partial charge in [-0.15, -0.1) is 5.10 Å². The van der Waals surface area contributed by atoms with Crippen molar-refractivity contribution in [2.45, 2.75) is 71.3 Å². The first-order valence-electron chi connectivity index (χ1n) is 13.5. The molecule has 2 atom stereocenters. The van der Waals surface area contributed by atoms with E-state index in [1.807, 2.05) is 35.0 Å². The van der Waals surface area contributed by atoms with Crippen LogP contribution in [0.4, 0.5) is 0 Å². The molecule has 38 heavy (non-hydrogen) atoms. The average molecular weight is 517 g/mol. The van der Waals surface area contributed by atoms with Gasteiger partial charge in [0.1, 0.15) is 5.75 Å². The smallest absolute Gasteiger partial charge is 0.252 e. The summed E-state index contributed by atoms with van der Waals surface area (Å²) in [6.07, 6.45) is 3.90. The molecule has 1 aliphatic rings. The SMILES string of the molecule is CCc1ccc2[nH]c(=O)c(CN(Cc3ccccc3OC)C(CC)c3nnnn3CC3CCCO3)cc2c1. The number of nitrogens with one attached hydrogen (secondary N) is 1. The van der Waals surface area contributed by atoms with Gasteiger partial charge in [0.2, 0.25) is 0 Å². The number of methoxy groups -OCH3 is 1. The number of hydrogen-bond donors (Lipinski definition) is 1. The second-order valence-electron chi connectivity index (χ2n) is 9.89. The minimum atomic E-state index is -0.117. The van der Waals surface area contributed by atoms with Crippen molar-refractivity contribution in [2.75, 3.05) is 13.7 Å². The minimum absolute atomic E-state index is 0.0828. The monoisotopic (exact) mass is 516 g/mol. The summed E-state index contributed by atoms with van der Waals surface area (Å²) in [6.45, 7) is 6.67. The Morgan fingerprint density at radius 1 is 1.16 bits per heavy atom. The van der Waals surface area contributed by atoms with Crippen molar-refractivity contribution >= 4 is 10.9 Å². The predicted octanol–water partition coefficient (Wildman–Crippen LogP) is 4.42. The summed E-state index contributed by atoms with van der Waals surface area (Å²) in [5.74, 6) is 1.59. The molecule has 1 saturated heterocycles. The number of nitrogens with zero attached hydrogens (tertiary/aromatic N) is 5. The number of ether oxygens (including phenoxy) is 2. The van der Waals surface area contributed by atoms with Gasteiger partial charge in [0.25, 0.3) is 5.56 Å². The topological polar surface area (TPSA) is 98.2 Å². The molecular formula is C29H36N6O3. The number of rotatable bonds is 11. The number of aromatic amines is 1. The van der Waals surface area contributed by atoms with E-state index in [4.69, 9.17) is 9.47 Å². The Hall–Kier alpha value is -3.56. The second-order valence-corrected chi connectivity index (χ2v) is 9.89. The van der Waals surface area contributed by atoms with Crippen LogP contribution in [0.3, 0.4) is 0 Å². The largest absolute Gasteiger partial charge is 0.496 e. The lowest BCUT2D eigenvalue weighted by Gasteiger charge is -2.31. The second kappa shape index (κ2) is 11.9. The van der Waals surface area contributed by atoms with Gasteiger partial charge >= 0.3 is 0 Å². The van der Waals surface area contributed by atoms with E-state index in [9.17, 15) is 4.79 Å². The molecule has 9 nitrogen and oxygen atoms in total. The molecule has 2 unspecified atom stereocenters. The summed E-state index contributed by atoms with van der Waals surface area (Å²) in [4.78, 5) is 18.6. The molecule has 0 saturated carbocycles. The summed E-state index contributed by atoms with van der Waals surface area (Å²) in [6, 6.07) is 16.1. The van der Waals surface area contributed by atoms with Gasteiger partial charge in [-0.1, -0.05) is 38.1 Å². The number of fused-ring (bicyclic) bond motifs is 1. The lowest BCUT2D eigenvalue weighted by Crippen LogP contribution is -2.33. The number of H-pyrrole nitrogens is 1. The maximum absolute atomic E-state index is 13.2. The third kappa shape index (κ3) is 5.63. The minimum Gasteiger partial charge on any atom is -0.496 e. The summed E-state index contributed by atoms with van der Waals surface area (Å²) >= 11 is 0. The molecule has 0 spiro atoms. The number of aromatic nitrogens is 5. The quantitative estimate of drug-likeness (QED) is 0.315. The first-order valence-corrected chi connectivity index (χ1v) is 13.5. The summed E-state index contributed by atoms with van der Waals surface area (Å²) in [5, 5.41) is 13.8. The van der Waals surface area contributed by atoms with E-state index in [2.05, 4.69) is 57.5 Å². The zero-order chi connectivity index (χ0) is 26.5. The Balaban J connectivity index is 1.53. The van der Waals surface area contributed by atoms with Crippen LogP contribution < -0.4 is 10.3 Å². The highest BCUT2D eigenvalue weighted by atomic mass is 16.5. The lowest BCUT2D eigenvalue weighted by molar-refractivity contribution is 0.0887. The van der Waals surface area contributed by atoms with E-state index in [1.165, 1.54) is 5.56 Å². The van der Waals surface area contributed by atoms with Crippen molar-refractivity contribution in [3.8, 4) is 5.75 Å². The fourth-order valence-corrected chi connectivity index (χ4v) is 5.35. The maximum Gasteiger partial charge on any atom is 0.252 e. The number of para-hydroxylation sites is 1. The van der Waals surface area contributed by atoms with Gasteiger partial charge in [0.05, 0.1) is 25.8 Å². The Bertz CT molecular complexity index is 1430. The molecule has 0 aliphatic carbocycles. The zero-order valence-electron chi connectivity index (χ0n) is 22.4. The molecule has 9 heteroatoms. The molecule has 3 heterocycles. The lowest BCUT2D eigenvalue weighted by atomic mass is 10.1. The van der Waals surface area contributed by atoms with Crippen LogP contribution in [0.2, 0.25) is 0 Å². The molecular weight excluding hydrogens is 480 g/mol. The number of benzene rings is 2. The van der Waals surface area contributed by atoms with Crippen molar-refractivity contribution in [3.63, 3.8) is 0 Å². The molecule has 1 fully saturated rings. The first-order chi connectivity index (χ1) is 18.6. The molecule has 2 aromatic carbocycles. The van der Waals surface area contributed by atoms with Gasteiger partial charge in [-0.2, -0.15) is 0 Å². The summed E-state index contributed by atoms with van der Waals surface area (Å²) in [7, 11) is 1.68. The van der Waals surface area contributed by atoms with Crippen LogP contribution in [-0.4, -0.2) is 49.9 Å². The van der Waals surface area contributed by atoms with Crippen molar-refractivity contribution < 1.29 is 9.47 Å². The van der Waals surface area contributed by atoms with E-state index in [0.29, 0.717) is 25.2 Å². The van der Waals surface area contributed by atoms with Crippen molar-refractivity contribution in [2.24, 2.45) is 0 Å². The Morgan fingerprint density at radius 3 is 2.76 bits per heavy atom. The van der Waals surface area contributed by atoms with Gasteiger partial charge in [-0.05, 0) is 71.3 Å². The van der Waals surface area contributed by atoms with E-state index >= 15 is 0 Å².